The number of benzene rings is 1. The fraction of sp³-hybridized carbons (Fsp3) is 0.524. The van der Waals surface area contributed by atoms with E-state index in [1.165, 1.54) is 0 Å². The number of likely N-dealkylation sites (tertiary alicyclic amines) is 1. The smallest absolute Gasteiger partial charge is 0.237 e. The van der Waals surface area contributed by atoms with Gasteiger partial charge in [-0.05, 0) is 44.5 Å². The molecule has 2 aliphatic rings. The Morgan fingerprint density at radius 1 is 1.29 bits per heavy atom. The molecule has 1 amide bonds. The first-order valence-corrected chi connectivity index (χ1v) is 10.0. The van der Waals surface area contributed by atoms with Crippen LogP contribution in [0.25, 0.3) is 0 Å². The number of nitrogens with zero attached hydrogens (tertiary/aromatic N) is 4. The lowest BCUT2D eigenvalue weighted by atomic mass is 10.0. The molecule has 1 saturated heterocycles. The second kappa shape index (κ2) is 8.22. The Balaban J connectivity index is 1.40. The maximum atomic E-state index is 13.0. The van der Waals surface area contributed by atoms with E-state index in [0.717, 1.165) is 48.6 Å². The van der Waals surface area contributed by atoms with Gasteiger partial charge in [-0.1, -0.05) is 6.07 Å². The molecule has 1 atom stereocenters. The monoisotopic (exact) mass is 384 g/mol. The zero-order valence-corrected chi connectivity index (χ0v) is 16.6. The van der Waals surface area contributed by atoms with E-state index in [4.69, 9.17) is 9.47 Å². The van der Waals surface area contributed by atoms with Crippen molar-refractivity contribution in [3.63, 3.8) is 0 Å². The van der Waals surface area contributed by atoms with Gasteiger partial charge in [0.15, 0.2) is 11.5 Å². The van der Waals surface area contributed by atoms with Crippen LogP contribution in [0.1, 0.15) is 36.9 Å². The molecule has 1 unspecified atom stereocenters. The van der Waals surface area contributed by atoms with E-state index >= 15 is 0 Å². The molecule has 1 fully saturated rings. The first-order chi connectivity index (χ1) is 13.6. The first-order valence-electron chi connectivity index (χ1n) is 10.0. The highest BCUT2D eigenvalue weighted by atomic mass is 16.6. The molecule has 0 spiro atoms. The average Bonchev–Trinajstić information content (AvgIpc) is 3.37. The van der Waals surface area contributed by atoms with Gasteiger partial charge < -0.3 is 14.4 Å². The van der Waals surface area contributed by atoms with E-state index in [1.807, 2.05) is 41.2 Å². The first kappa shape index (κ1) is 18.8. The third-order valence-corrected chi connectivity index (χ3v) is 5.39. The van der Waals surface area contributed by atoms with Crippen LogP contribution in [0.15, 0.2) is 30.6 Å². The Morgan fingerprint density at radius 3 is 2.89 bits per heavy atom. The molecule has 0 bridgehead atoms. The highest BCUT2D eigenvalue weighted by molar-refractivity contribution is 5.79. The summed E-state index contributed by atoms with van der Waals surface area (Å²) in [6.07, 6.45) is 5.92. The van der Waals surface area contributed by atoms with Crippen LogP contribution in [-0.2, 0) is 17.9 Å². The van der Waals surface area contributed by atoms with Crippen molar-refractivity contribution in [1.29, 1.82) is 0 Å². The predicted molar refractivity (Wildman–Crippen MR) is 105 cm³/mol. The van der Waals surface area contributed by atoms with Gasteiger partial charge >= 0.3 is 0 Å². The SMILES string of the molecule is CCn1cc(CN(C)CC(=O)N2CCCC2c2ccc3c(c2)OCCO3)cn1. The number of ether oxygens (including phenoxy) is 2. The predicted octanol–water partition coefficient (Wildman–Crippen LogP) is 2.47. The van der Waals surface area contributed by atoms with Gasteiger partial charge in [0.1, 0.15) is 13.2 Å². The third kappa shape index (κ3) is 3.99. The molecule has 150 valence electrons. The third-order valence-electron chi connectivity index (χ3n) is 5.39. The normalized spacial score (nSPS) is 18.7. The summed E-state index contributed by atoms with van der Waals surface area (Å²) in [5.74, 6) is 1.74. The molecule has 0 saturated carbocycles. The van der Waals surface area contributed by atoms with Crippen LogP contribution in [0.2, 0.25) is 0 Å². The summed E-state index contributed by atoms with van der Waals surface area (Å²) in [5, 5.41) is 4.30. The molecule has 0 radical (unpaired) electrons. The second-order valence-electron chi connectivity index (χ2n) is 7.52. The fourth-order valence-corrected chi connectivity index (χ4v) is 4.03. The number of hydrogen-bond acceptors (Lipinski definition) is 5. The molecule has 7 nitrogen and oxygen atoms in total. The fourth-order valence-electron chi connectivity index (χ4n) is 4.03. The van der Waals surface area contributed by atoms with Crippen LogP contribution < -0.4 is 9.47 Å². The van der Waals surface area contributed by atoms with E-state index < -0.39 is 0 Å². The number of rotatable bonds is 6. The standard InChI is InChI=1S/C21H28N4O3/c1-3-24-14-16(12-22-24)13-23(2)15-21(26)25-8-4-5-18(25)17-6-7-19-20(11-17)28-10-9-27-19/h6-7,11-12,14,18H,3-5,8-10,13,15H2,1-2H3. The van der Waals surface area contributed by atoms with Crippen molar-refractivity contribution in [2.24, 2.45) is 0 Å². The average molecular weight is 384 g/mol. The number of carbonyl (C=O) groups excluding carboxylic acids is 1. The molecule has 4 rings (SSSR count). The topological polar surface area (TPSA) is 59.8 Å². The van der Waals surface area contributed by atoms with Gasteiger partial charge in [0.05, 0.1) is 18.8 Å². The van der Waals surface area contributed by atoms with Crippen LogP contribution >= 0.6 is 0 Å². The van der Waals surface area contributed by atoms with E-state index in [0.29, 0.717) is 26.3 Å². The number of amides is 1. The van der Waals surface area contributed by atoms with E-state index in [2.05, 4.69) is 23.0 Å². The molecular formula is C21H28N4O3. The lowest BCUT2D eigenvalue weighted by Gasteiger charge is -2.28. The summed E-state index contributed by atoms with van der Waals surface area (Å²) in [7, 11) is 1.98. The van der Waals surface area contributed by atoms with Crippen LogP contribution in [-0.4, -0.2) is 58.8 Å². The lowest BCUT2D eigenvalue weighted by molar-refractivity contribution is -0.133. The Kier molecular flexibility index (Phi) is 5.52. The molecule has 7 heteroatoms. The Morgan fingerprint density at radius 2 is 2.11 bits per heavy atom. The van der Waals surface area contributed by atoms with Gasteiger partial charge in [-0.3, -0.25) is 14.4 Å². The summed E-state index contributed by atoms with van der Waals surface area (Å²) >= 11 is 0. The Hall–Kier alpha value is -2.54. The highest BCUT2D eigenvalue weighted by Crippen LogP contribution is 2.38. The molecule has 1 aromatic carbocycles. The number of aromatic nitrogens is 2. The number of fused-ring (bicyclic) bond motifs is 1. The van der Waals surface area contributed by atoms with Crippen molar-refractivity contribution >= 4 is 5.91 Å². The van der Waals surface area contributed by atoms with Crippen molar-refractivity contribution in [1.82, 2.24) is 19.6 Å². The van der Waals surface area contributed by atoms with Gasteiger partial charge in [-0.15, -0.1) is 0 Å². The van der Waals surface area contributed by atoms with Crippen molar-refractivity contribution in [2.75, 3.05) is 33.4 Å². The highest BCUT2D eigenvalue weighted by Gasteiger charge is 2.31. The zero-order chi connectivity index (χ0) is 19.5. The summed E-state index contributed by atoms with van der Waals surface area (Å²) < 4.78 is 13.2. The van der Waals surface area contributed by atoms with Gasteiger partial charge in [0.2, 0.25) is 5.91 Å². The molecule has 28 heavy (non-hydrogen) atoms. The quantitative estimate of drug-likeness (QED) is 0.766. The number of carbonyl (C=O) groups is 1. The zero-order valence-electron chi connectivity index (χ0n) is 16.6. The summed E-state index contributed by atoms with van der Waals surface area (Å²) in [5.41, 5.74) is 2.25. The second-order valence-corrected chi connectivity index (χ2v) is 7.52. The van der Waals surface area contributed by atoms with Gasteiger partial charge in [-0.25, -0.2) is 0 Å². The number of aryl methyl sites for hydroxylation is 1. The van der Waals surface area contributed by atoms with E-state index in [-0.39, 0.29) is 11.9 Å². The maximum absolute atomic E-state index is 13.0. The Bertz CT molecular complexity index is 835. The minimum absolute atomic E-state index is 0.111. The van der Waals surface area contributed by atoms with Gasteiger partial charge in [0, 0.05) is 31.4 Å². The minimum Gasteiger partial charge on any atom is -0.486 e. The summed E-state index contributed by atoms with van der Waals surface area (Å²) in [6, 6.07) is 6.17. The van der Waals surface area contributed by atoms with Crippen LogP contribution in [0.5, 0.6) is 11.5 Å². The van der Waals surface area contributed by atoms with Crippen LogP contribution in [0.3, 0.4) is 0 Å². The lowest BCUT2D eigenvalue weighted by Crippen LogP contribution is -2.38. The van der Waals surface area contributed by atoms with Crippen LogP contribution in [0.4, 0.5) is 0 Å². The molecule has 1 aromatic heterocycles. The Labute approximate surface area is 165 Å². The minimum atomic E-state index is 0.111. The van der Waals surface area contributed by atoms with Crippen molar-refractivity contribution < 1.29 is 14.3 Å². The van der Waals surface area contributed by atoms with Crippen molar-refractivity contribution in [3.8, 4) is 11.5 Å². The largest absolute Gasteiger partial charge is 0.486 e. The van der Waals surface area contributed by atoms with E-state index in [9.17, 15) is 4.79 Å². The summed E-state index contributed by atoms with van der Waals surface area (Å²) in [6.45, 7) is 6.00. The van der Waals surface area contributed by atoms with Gasteiger partial charge in [0.25, 0.3) is 0 Å². The molecule has 0 aliphatic carbocycles. The van der Waals surface area contributed by atoms with Gasteiger partial charge in [-0.2, -0.15) is 5.10 Å². The maximum Gasteiger partial charge on any atom is 0.237 e. The molecule has 2 aliphatic heterocycles. The number of likely N-dealkylation sites (N-methyl/N-ethyl adjacent to an activating group) is 1. The molecule has 0 N–H and O–H groups in total. The van der Waals surface area contributed by atoms with Crippen molar-refractivity contribution in [2.45, 2.75) is 38.9 Å². The van der Waals surface area contributed by atoms with Crippen molar-refractivity contribution in [3.05, 3.63) is 41.7 Å². The van der Waals surface area contributed by atoms with Crippen LogP contribution in [0, 0.1) is 0 Å². The van der Waals surface area contributed by atoms with E-state index in [1.54, 1.807) is 0 Å². The number of hydrogen-bond donors (Lipinski definition) is 0. The molecular weight excluding hydrogens is 356 g/mol. The molecule has 2 aromatic rings. The molecule has 3 heterocycles. The summed E-state index contributed by atoms with van der Waals surface area (Å²) in [4.78, 5) is 17.1.